The van der Waals surface area contributed by atoms with Crippen LogP contribution in [0.3, 0.4) is 0 Å². The summed E-state index contributed by atoms with van der Waals surface area (Å²) in [5.41, 5.74) is 5.28. The third kappa shape index (κ3) is 2.57. The number of nitrogens with zero attached hydrogens (tertiary/aromatic N) is 5. The predicted molar refractivity (Wildman–Crippen MR) is 59.4 cm³/mol. The van der Waals surface area contributed by atoms with Crippen LogP contribution in [-0.4, -0.2) is 39.0 Å². The van der Waals surface area contributed by atoms with Crippen LogP contribution in [0.1, 0.15) is 18.8 Å². The van der Waals surface area contributed by atoms with Crippen LogP contribution >= 0.6 is 0 Å². The van der Waals surface area contributed by atoms with Crippen LogP contribution < -0.4 is 10.5 Å². The lowest BCUT2D eigenvalue weighted by molar-refractivity contribution is 0.559. The molecule has 2 aromatic heterocycles. The van der Waals surface area contributed by atoms with Gasteiger partial charge < -0.3 is 5.73 Å². The minimum atomic E-state index is -3.75. The quantitative estimate of drug-likeness (QED) is 0.613. The third-order valence-electron chi connectivity index (χ3n) is 2.04. The van der Waals surface area contributed by atoms with Crippen molar-refractivity contribution in [2.45, 2.75) is 17.9 Å². The van der Waals surface area contributed by atoms with E-state index in [4.69, 9.17) is 5.73 Å². The van der Waals surface area contributed by atoms with Gasteiger partial charge in [-0.2, -0.15) is 5.21 Å². The lowest BCUT2D eigenvalue weighted by Crippen LogP contribution is -2.28. The van der Waals surface area contributed by atoms with Gasteiger partial charge in [0.1, 0.15) is 4.90 Å². The smallest absolute Gasteiger partial charge is 0.244 e. The minimum Gasteiger partial charge on any atom is -0.368 e. The van der Waals surface area contributed by atoms with Crippen molar-refractivity contribution in [2.24, 2.45) is 0 Å². The fourth-order valence-electron chi connectivity index (χ4n) is 1.17. The molecule has 18 heavy (non-hydrogen) atoms. The van der Waals surface area contributed by atoms with Crippen LogP contribution in [0.5, 0.6) is 0 Å². The van der Waals surface area contributed by atoms with Crippen LogP contribution in [0.15, 0.2) is 17.3 Å². The number of nitrogens with two attached hydrogens (primary N) is 1. The maximum atomic E-state index is 11.9. The van der Waals surface area contributed by atoms with Gasteiger partial charge in [0.15, 0.2) is 5.82 Å². The molecule has 0 aliphatic carbocycles. The summed E-state index contributed by atoms with van der Waals surface area (Å²) in [6.07, 6.45) is 2.24. The lowest BCUT2D eigenvalue weighted by Gasteiger charge is -2.10. The Morgan fingerprint density at radius 3 is 2.61 bits per heavy atom. The monoisotopic (exact) mass is 270 g/mol. The van der Waals surface area contributed by atoms with Crippen molar-refractivity contribution < 1.29 is 8.42 Å². The SMILES string of the molecule is CC(NS(=O)(=O)c1cnc(N)nc1)c1nn[nH]n1. The number of tetrazole rings is 1. The molecule has 0 radical (unpaired) electrons. The standard InChI is InChI=1S/C7H10N8O2S/c1-4(6-11-14-15-12-6)13-18(16,17)5-2-9-7(8)10-3-5/h2-4,13H,1H3,(H2,8,9,10)(H,11,12,14,15). The maximum Gasteiger partial charge on any atom is 0.244 e. The molecule has 0 spiro atoms. The molecule has 0 aromatic carbocycles. The van der Waals surface area contributed by atoms with E-state index in [2.05, 4.69) is 35.3 Å². The zero-order valence-electron chi connectivity index (χ0n) is 9.27. The average Bonchev–Trinajstić information content (AvgIpc) is 2.82. The summed E-state index contributed by atoms with van der Waals surface area (Å²) >= 11 is 0. The summed E-state index contributed by atoms with van der Waals surface area (Å²) in [6.45, 7) is 1.58. The van der Waals surface area contributed by atoms with Crippen LogP contribution in [-0.2, 0) is 10.0 Å². The molecule has 0 saturated carbocycles. The van der Waals surface area contributed by atoms with E-state index in [0.717, 1.165) is 12.4 Å². The highest BCUT2D eigenvalue weighted by Gasteiger charge is 2.21. The van der Waals surface area contributed by atoms with E-state index in [-0.39, 0.29) is 16.7 Å². The predicted octanol–water partition coefficient (Wildman–Crippen LogP) is -1.39. The number of sulfonamides is 1. The molecule has 2 heterocycles. The molecule has 96 valence electrons. The molecule has 0 amide bonds. The van der Waals surface area contributed by atoms with E-state index in [1.54, 1.807) is 6.92 Å². The van der Waals surface area contributed by atoms with E-state index >= 15 is 0 Å². The molecule has 4 N–H and O–H groups in total. The largest absolute Gasteiger partial charge is 0.368 e. The van der Waals surface area contributed by atoms with Gasteiger partial charge in [-0.3, -0.25) is 0 Å². The van der Waals surface area contributed by atoms with Gasteiger partial charge in [-0.1, -0.05) is 5.21 Å². The molecule has 0 saturated heterocycles. The average molecular weight is 270 g/mol. The van der Waals surface area contributed by atoms with Crippen molar-refractivity contribution in [1.29, 1.82) is 0 Å². The second kappa shape index (κ2) is 4.62. The molecular formula is C7H10N8O2S. The third-order valence-corrected chi connectivity index (χ3v) is 3.53. The number of nitrogen functional groups attached to an aromatic ring is 1. The van der Waals surface area contributed by atoms with Gasteiger partial charge in [0, 0.05) is 0 Å². The zero-order chi connectivity index (χ0) is 13.2. The summed E-state index contributed by atoms with van der Waals surface area (Å²) < 4.78 is 26.2. The van der Waals surface area contributed by atoms with Gasteiger partial charge in [-0.05, 0) is 6.92 Å². The molecule has 10 nitrogen and oxygen atoms in total. The fraction of sp³-hybridized carbons (Fsp3) is 0.286. The van der Waals surface area contributed by atoms with Crippen molar-refractivity contribution in [3.05, 3.63) is 18.2 Å². The molecular weight excluding hydrogens is 260 g/mol. The van der Waals surface area contributed by atoms with Gasteiger partial charge >= 0.3 is 0 Å². The number of hydrogen-bond acceptors (Lipinski definition) is 8. The molecule has 1 unspecified atom stereocenters. The molecule has 0 bridgehead atoms. The van der Waals surface area contributed by atoms with E-state index < -0.39 is 16.1 Å². The number of H-pyrrole nitrogens is 1. The van der Waals surface area contributed by atoms with Crippen LogP contribution in [0.25, 0.3) is 0 Å². The van der Waals surface area contributed by atoms with E-state index in [1.807, 2.05) is 0 Å². The Bertz CT molecular complexity index is 607. The first kappa shape index (κ1) is 12.3. The van der Waals surface area contributed by atoms with Gasteiger partial charge in [-0.15, -0.1) is 10.2 Å². The topological polar surface area (TPSA) is 152 Å². The molecule has 0 aliphatic rings. The first-order chi connectivity index (χ1) is 8.49. The van der Waals surface area contributed by atoms with Gasteiger partial charge in [0.2, 0.25) is 16.0 Å². The number of anilines is 1. The normalized spacial score (nSPS) is 13.4. The Hall–Kier alpha value is -2.14. The summed E-state index contributed by atoms with van der Waals surface area (Å²) in [5.74, 6) is 0.232. The summed E-state index contributed by atoms with van der Waals surface area (Å²) in [6, 6.07) is -0.633. The highest BCUT2D eigenvalue weighted by atomic mass is 32.2. The Morgan fingerprint density at radius 1 is 1.39 bits per heavy atom. The Kier molecular flexibility index (Phi) is 3.16. The number of aromatic nitrogens is 6. The number of hydrogen-bond donors (Lipinski definition) is 3. The number of nitrogens with one attached hydrogen (secondary N) is 2. The molecule has 11 heteroatoms. The lowest BCUT2D eigenvalue weighted by atomic mass is 10.4. The Balaban J connectivity index is 2.20. The molecule has 2 rings (SSSR count). The van der Waals surface area contributed by atoms with Crippen LogP contribution in [0, 0.1) is 0 Å². The van der Waals surface area contributed by atoms with Crippen molar-refractivity contribution in [3.8, 4) is 0 Å². The maximum absolute atomic E-state index is 11.9. The highest BCUT2D eigenvalue weighted by molar-refractivity contribution is 7.89. The molecule has 0 fully saturated rings. The fourth-order valence-corrected chi connectivity index (χ4v) is 2.26. The second-order valence-electron chi connectivity index (χ2n) is 3.39. The van der Waals surface area contributed by atoms with Crippen molar-refractivity contribution in [3.63, 3.8) is 0 Å². The second-order valence-corrected chi connectivity index (χ2v) is 5.10. The zero-order valence-corrected chi connectivity index (χ0v) is 10.1. The first-order valence-electron chi connectivity index (χ1n) is 4.82. The van der Waals surface area contributed by atoms with Crippen molar-refractivity contribution in [1.82, 2.24) is 35.3 Å². The minimum absolute atomic E-state index is 0.000154. The summed E-state index contributed by atoms with van der Waals surface area (Å²) in [7, 11) is -3.75. The summed E-state index contributed by atoms with van der Waals surface area (Å²) in [5, 5.41) is 12.9. The Morgan fingerprint density at radius 2 is 2.06 bits per heavy atom. The van der Waals surface area contributed by atoms with Crippen molar-refractivity contribution >= 4 is 16.0 Å². The number of aromatic amines is 1. The molecule has 2 aromatic rings. The summed E-state index contributed by atoms with van der Waals surface area (Å²) in [4.78, 5) is 7.14. The van der Waals surface area contributed by atoms with Gasteiger partial charge in [0.25, 0.3) is 0 Å². The molecule has 1 atom stereocenters. The van der Waals surface area contributed by atoms with E-state index in [9.17, 15) is 8.42 Å². The van der Waals surface area contributed by atoms with Gasteiger partial charge in [-0.25, -0.2) is 23.1 Å². The van der Waals surface area contributed by atoms with Gasteiger partial charge in [0.05, 0.1) is 18.4 Å². The molecule has 0 aliphatic heterocycles. The number of rotatable bonds is 4. The Labute approximate surface area is 102 Å². The van der Waals surface area contributed by atoms with Crippen LogP contribution in [0.2, 0.25) is 0 Å². The highest BCUT2D eigenvalue weighted by Crippen LogP contribution is 2.12. The van der Waals surface area contributed by atoms with E-state index in [1.165, 1.54) is 0 Å². The van der Waals surface area contributed by atoms with Crippen molar-refractivity contribution in [2.75, 3.05) is 5.73 Å². The van der Waals surface area contributed by atoms with Crippen LogP contribution in [0.4, 0.5) is 5.95 Å². The first-order valence-corrected chi connectivity index (χ1v) is 6.30. The van der Waals surface area contributed by atoms with E-state index in [0.29, 0.717) is 0 Å².